The van der Waals surface area contributed by atoms with Gasteiger partial charge in [0.15, 0.2) is 0 Å². The van der Waals surface area contributed by atoms with Gasteiger partial charge in [0.05, 0.1) is 17.8 Å². The molecule has 3 atom stereocenters. The van der Waals surface area contributed by atoms with Crippen molar-refractivity contribution in [3.63, 3.8) is 0 Å². The smallest absolute Gasteiger partial charge is 0.315 e. The molecule has 0 fully saturated rings. The number of amides is 2. The van der Waals surface area contributed by atoms with E-state index in [0.717, 1.165) is 16.8 Å². The topological polar surface area (TPSA) is 87.4 Å². The summed E-state index contributed by atoms with van der Waals surface area (Å²) in [6.07, 6.45) is -0.168. The molecule has 0 saturated carbocycles. The lowest BCUT2D eigenvalue weighted by atomic mass is 10.0. The van der Waals surface area contributed by atoms with E-state index in [0.29, 0.717) is 12.2 Å². The molecule has 3 N–H and O–H groups in total. The van der Waals surface area contributed by atoms with E-state index < -0.39 is 6.10 Å². The third-order valence-electron chi connectivity index (χ3n) is 4.01. The summed E-state index contributed by atoms with van der Waals surface area (Å²) in [5, 5.41) is 19.8. The minimum absolute atomic E-state index is 0.169. The summed E-state index contributed by atoms with van der Waals surface area (Å²) in [6.45, 7) is 7.42. The predicted octanol–water partition coefficient (Wildman–Crippen LogP) is 3.16. The second-order valence-electron chi connectivity index (χ2n) is 6.14. The van der Waals surface area contributed by atoms with E-state index >= 15 is 0 Å². The highest BCUT2D eigenvalue weighted by molar-refractivity contribution is 5.74. The van der Waals surface area contributed by atoms with Crippen LogP contribution < -0.4 is 10.6 Å². The van der Waals surface area contributed by atoms with Gasteiger partial charge in [-0.3, -0.25) is 0 Å². The van der Waals surface area contributed by atoms with Crippen molar-refractivity contribution in [2.45, 2.75) is 52.3 Å². The summed E-state index contributed by atoms with van der Waals surface area (Å²) < 4.78 is 5.13. The van der Waals surface area contributed by atoms with E-state index in [1.807, 2.05) is 58.0 Å². The molecule has 0 spiro atoms. The van der Waals surface area contributed by atoms with Gasteiger partial charge in [-0.05, 0) is 39.7 Å². The predicted molar refractivity (Wildman–Crippen MR) is 91.5 cm³/mol. The van der Waals surface area contributed by atoms with Gasteiger partial charge in [0.2, 0.25) is 0 Å². The second-order valence-corrected chi connectivity index (χ2v) is 6.14. The van der Waals surface area contributed by atoms with Crippen molar-refractivity contribution in [1.82, 2.24) is 15.8 Å². The Balaban J connectivity index is 1.85. The lowest BCUT2D eigenvalue weighted by Gasteiger charge is -2.20. The number of hydrogen-bond acceptors (Lipinski definition) is 4. The highest BCUT2D eigenvalue weighted by Gasteiger charge is 2.20. The average Bonchev–Trinajstić information content (AvgIpc) is 2.86. The van der Waals surface area contributed by atoms with E-state index in [1.54, 1.807) is 0 Å². The van der Waals surface area contributed by atoms with Gasteiger partial charge in [-0.1, -0.05) is 35.5 Å². The number of nitrogens with zero attached hydrogens (tertiary/aromatic N) is 1. The van der Waals surface area contributed by atoms with Crippen molar-refractivity contribution in [3.8, 4) is 0 Å². The molecule has 0 unspecified atom stereocenters. The van der Waals surface area contributed by atoms with Gasteiger partial charge in [0.1, 0.15) is 5.76 Å². The Bertz CT molecular complexity index is 650. The first-order valence-corrected chi connectivity index (χ1v) is 8.11. The highest BCUT2D eigenvalue weighted by Crippen LogP contribution is 2.21. The van der Waals surface area contributed by atoms with Crippen molar-refractivity contribution >= 4 is 6.03 Å². The second kappa shape index (κ2) is 7.97. The molecule has 1 aromatic carbocycles. The molecular weight excluding hydrogens is 306 g/mol. The van der Waals surface area contributed by atoms with Crippen molar-refractivity contribution in [2.24, 2.45) is 0 Å². The van der Waals surface area contributed by atoms with Crippen molar-refractivity contribution in [2.75, 3.05) is 0 Å². The van der Waals surface area contributed by atoms with Crippen LogP contribution in [0.4, 0.5) is 4.79 Å². The number of aliphatic hydroxyl groups excluding tert-OH is 1. The third-order valence-corrected chi connectivity index (χ3v) is 4.01. The maximum absolute atomic E-state index is 12.1. The molecule has 0 radical (unpaired) electrons. The van der Waals surface area contributed by atoms with Crippen LogP contribution in [0, 0.1) is 13.8 Å². The molecule has 24 heavy (non-hydrogen) atoms. The molecule has 2 amide bonds. The van der Waals surface area contributed by atoms with E-state index in [9.17, 15) is 9.90 Å². The average molecular weight is 331 g/mol. The zero-order valence-electron chi connectivity index (χ0n) is 14.5. The number of hydrogen-bond donors (Lipinski definition) is 3. The summed E-state index contributed by atoms with van der Waals surface area (Å²) in [5.41, 5.74) is 2.51. The Morgan fingerprint density at radius 2 is 1.88 bits per heavy atom. The summed E-state index contributed by atoms with van der Waals surface area (Å²) in [4.78, 5) is 12.1. The van der Waals surface area contributed by atoms with Gasteiger partial charge < -0.3 is 20.3 Å². The quantitative estimate of drug-likeness (QED) is 0.759. The number of rotatable bonds is 6. The number of nitrogens with one attached hydrogen (secondary N) is 2. The number of aromatic nitrogens is 1. The van der Waals surface area contributed by atoms with Gasteiger partial charge >= 0.3 is 6.03 Å². The van der Waals surface area contributed by atoms with Crippen molar-refractivity contribution < 1.29 is 14.4 Å². The Morgan fingerprint density at radius 1 is 1.21 bits per heavy atom. The normalized spacial score (nSPS) is 14.7. The largest absolute Gasteiger partial charge is 0.388 e. The van der Waals surface area contributed by atoms with Crippen LogP contribution in [0.2, 0.25) is 0 Å². The first kappa shape index (κ1) is 18.0. The van der Waals surface area contributed by atoms with Crippen LogP contribution in [0.15, 0.2) is 34.9 Å². The van der Waals surface area contributed by atoms with Gasteiger partial charge in [-0.15, -0.1) is 0 Å². The first-order chi connectivity index (χ1) is 11.4. The molecule has 2 rings (SSSR count). The van der Waals surface area contributed by atoms with E-state index in [4.69, 9.17) is 4.52 Å². The maximum Gasteiger partial charge on any atom is 0.315 e. The monoisotopic (exact) mass is 331 g/mol. The van der Waals surface area contributed by atoms with Crippen LogP contribution in [0.1, 0.15) is 55.0 Å². The Labute approximate surface area is 142 Å². The lowest BCUT2D eigenvalue weighted by Crippen LogP contribution is -2.42. The molecule has 1 heterocycles. The third kappa shape index (κ3) is 4.58. The van der Waals surface area contributed by atoms with Crippen molar-refractivity contribution in [3.05, 3.63) is 52.9 Å². The maximum atomic E-state index is 12.1. The number of aryl methyl sites for hydroxylation is 2. The number of benzene rings is 1. The van der Waals surface area contributed by atoms with E-state index in [-0.39, 0.29) is 18.1 Å². The summed E-state index contributed by atoms with van der Waals surface area (Å²) in [5.74, 6) is 0.702. The molecule has 0 saturated heterocycles. The molecule has 0 aliphatic rings. The number of urea groups is 1. The molecule has 0 aliphatic carbocycles. The lowest BCUT2D eigenvalue weighted by molar-refractivity contribution is 0.154. The van der Waals surface area contributed by atoms with E-state index in [1.165, 1.54) is 0 Å². The summed E-state index contributed by atoms with van der Waals surface area (Å²) in [6, 6.07) is 8.76. The molecule has 6 heteroatoms. The summed E-state index contributed by atoms with van der Waals surface area (Å²) >= 11 is 0. The first-order valence-electron chi connectivity index (χ1n) is 8.11. The SMILES string of the molecule is Cc1noc(C)c1[C@H](C)NC(=O)N[C@@H](C)C[C@H](O)c1ccccc1. The molecule has 130 valence electrons. The number of carbonyl (C=O) groups excluding carboxylic acids is 1. The zero-order valence-corrected chi connectivity index (χ0v) is 14.5. The van der Waals surface area contributed by atoms with Gasteiger partial charge in [-0.25, -0.2) is 4.79 Å². The standard InChI is InChI=1S/C18H25N3O3/c1-11(10-16(22)15-8-6-5-7-9-15)19-18(23)20-12(2)17-13(3)21-24-14(17)4/h5-9,11-12,16,22H,10H2,1-4H3,(H2,19,20,23)/t11-,12-,16-/m0/s1. The fourth-order valence-electron chi connectivity index (χ4n) is 2.85. The van der Waals surface area contributed by atoms with Crippen LogP contribution >= 0.6 is 0 Å². The van der Waals surface area contributed by atoms with Crippen LogP contribution in [0.25, 0.3) is 0 Å². The molecule has 1 aromatic heterocycles. The fourth-order valence-corrected chi connectivity index (χ4v) is 2.85. The van der Waals surface area contributed by atoms with Gasteiger partial charge in [-0.2, -0.15) is 0 Å². The molecule has 2 aromatic rings. The number of aliphatic hydroxyl groups is 1. The highest BCUT2D eigenvalue weighted by atomic mass is 16.5. The molecule has 0 aliphatic heterocycles. The van der Waals surface area contributed by atoms with Crippen LogP contribution in [-0.2, 0) is 0 Å². The van der Waals surface area contributed by atoms with Crippen LogP contribution in [0.3, 0.4) is 0 Å². The van der Waals surface area contributed by atoms with Crippen LogP contribution in [-0.4, -0.2) is 22.3 Å². The molecular formula is C18H25N3O3. The molecule has 6 nitrogen and oxygen atoms in total. The van der Waals surface area contributed by atoms with Gasteiger partial charge in [0, 0.05) is 11.6 Å². The Hall–Kier alpha value is -2.34. The van der Waals surface area contributed by atoms with Crippen LogP contribution in [0.5, 0.6) is 0 Å². The van der Waals surface area contributed by atoms with Crippen molar-refractivity contribution in [1.29, 1.82) is 0 Å². The minimum Gasteiger partial charge on any atom is -0.388 e. The fraction of sp³-hybridized carbons (Fsp3) is 0.444. The minimum atomic E-state index is -0.610. The Kier molecular flexibility index (Phi) is 5.98. The zero-order chi connectivity index (χ0) is 17.7. The van der Waals surface area contributed by atoms with E-state index in [2.05, 4.69) is 15.8 Å². The number of carbonyl (C=O) groups is 1. The Morgan fingerprint density at radius 3 is 2.46 bits per heavy atom. The molecule has 0 bridgehead atoms. The van der Waals surface area contributed by atoms with Gasteiger partial charge in [0.25, 0.3) is 0 Å². The summed E-state index contributed by atoms with van der Waals surface area (Å²) in [7, 11) is 0.